The van der Waals surface area contributed by atoms with E-state index in [9.17, 15) is 13.2 Å². The first-order valence-corrected chi connectivity index (χ1v) is 9.42. The van der Waals surface area contributed by atoms with Gasteiger partial charge >= 0.3 is 0 Å². The number of hydrogen-bond acceptors (Lipinski definition) is 5. The van der Waals surface area contributed by atoms with Crippen LogP contribution >= 0.6 is 0 Å². The fourth-order valence-corrected chi connectivity index (χ4v) is 4.74. The van der Waals surface area contributed by atoms with Crippen molar-refractivity contribution in [1.82, 2.24) is 9.78 Å². The van der Waals surface area contributed by atoms with Crippen molar-refractivity contribution >= 4 is 21.6 Å². The number of sulfone groups is 1. The highest BCUT2D eigenvalue weighted by atomic mass is 32.2. The molecule has 1 N–H and O–H groups in total. The second-order valence-electron chi connectivity index (χ2n) is 6.05. The van der Waals surface area contributed by atoms with Crippen molar-refractivity contribution in [3.63, 3.8) is 0 Å². The van der Waals surface area contributed by atoms with E-state index < -0.39 is 9.84 Å². The SMILES string of the molecule is Cc1cc(NC(=O)C2CCOCC2)n([C@H]2CCS(=O)(=O)C2)n1. The van der Waals surface area contributed by atoms with E-state index >= 15 is 0 Å². The maximum atomic E-state index is 12.3. The van der Waals surface area contributed by atoms with Gasteiger partial charge in [0, 0.05) is 25.2 Å². The Labute approximate surface area is 129 Å². The molecule has 1 atom stereocenters. The number of nitrogens with zero attached hydrogens (tertiary/aromatic N) is 2. The summed E-state index contributed by atoms with van der Waals surface area (Å²) in [5, 5.41) is 7.29. The number of nitrogens with one attached hydrogen (secondary N) is 1. The number of rotatable bonds is 3. The number of ether oxygens (including phenoxy) is 1. The molecule has 0 bridgehead atoms. The standard InChI is InChI=1S/C14H21N3O4S/c1-10-8-13(15-14(18)11-2-5-21-6-3-11)17(16-10)12-4-7-22(19,20)9-12/h8,11-12H,2-7,9H2,1H3,(H,15,18)/t12-/m0/s1. The minimum atomic E-state index is -2.99. The lowest BCUT2D eigenvalue weighted by Crippen LogP contribution is -2.29. The van der Waals surface area contributed by atoms with Crippen molar-refractivity contribution < 1.29 is 17.9 Å². The average Bonchev–Trinajstić information content (AvgIpc) is 3.02. The van der Waals surface area contributed by atoms with E-state index in [1.165, 1.54) is 0 Å². The third-order valence-corrected chi connectivity index (χ3v) is 6.01. The van der Waals surface area contributed by atoms with E-state index in [2.05, 4.69) is 10.4 Å². The quantitative estimate of drug-likeness (QED) is 0.891. The summed E-state index contributed by atoms with van der Waals surface area (Å²) in [6.45, 7) is 3.05. The zero-order chi connectivity index (χ0) is 15.7. The van der Waals surface area contributed by atoms with Crippen LogP contribution in [0.1, 0.15) is 31.0 Å². The van der Waals surface area contributed by atoms with Crippen molar-refractivity contribution in [2.45, 2.75) is 32.2 Å². The number of carbonyl (C=O) groups excluding carboxylic acids is 1. The minimum absolute atomic E-state index is 0.0368. The van der Waals surface area contributed by atoms with Gasteiger partial charge in [0.25, 0.3) is 0 Å². The van der Waals surface area contributed by atoms with Crippen LogP contribution in [0, 0.1) is 12.8 Å². The predicted molar refractivity (Wildman–Crippen MR) is 81.4 cm³/mol. The first-order chi connectivity index (χ1) is 10.4. The van der Waals surface area contributed by atoms with E-state index in [4.69, 9.17) is 4.74 Å². The van der Waals surface area contributed by atoms with Gasteiger partial charge in [-0.1, -0.05) is 0 Å². The maximum absolute atomic E-state index is 12.3. The van der Waals surface area contributed by atoms with Crippen molar-refractivity contribution in [1.29, 1.82) is 0 Å². The molecule has 2 aliphatic heterocycles. The van der Waals surface area contributed by atoms with Crippen LogP contribution in [-0.4, -0.2) is 48.8 Å². The molecular weight excluding hydrogens is 306 g/mol. The molecule has 3 heterocycles. The smallest absolute Gasteiger partial charge is 0.228 e. The van der Waals surface area contributed by atoms with E-state index in [0.717, 1.165) is 18.5 Å². The third-order valence-electron chi connectivity index (χ3n) is 4.26. The Morgan fingerprint density at radius 3 is 2.73 bits per heavy atom. The minimum Gasteiger partial charge on any atom is -0.381 e. The Morgan fingerprint density at radius 1 is 1.36 bits per heavy atom. The van der Waals surface area contributed by atoms with Crippen LogP contribution in [0.4, 0.5) is 5.82 Å². The van der Waals surface area contributed by atoms with Crippen LogP contribution < -0.4 is 5.32 Å². The highest BCUT2D eigenvalue weighted by molar-refractivity contribution is 7.91. The molecule has 7 nitrogen and oxygen atoms in total. The molecule has 2 aliphatic rings. The van der Waals surface area contributed by atoms with Gasteiger partial charge in [-0.05, 0) is 26.2 Å². The lowest BCUT2D eigenvalue weighted by atomic mass is 9.99. The summed E-state index contributed by atoms with van der Waals surface area (Å²) < 4.78 is 30.3. The van der Waals surface area contributed by atoms with Crippen molar-refractivity contribution in [3.8, 4) is 0 Å². The number of carbonyl (C=O) groups is 1. The first kappa shape index (κ1) is 15.5. The summed E-state index contributed by atoms with van der Waals surface area (Å²) in [6, 6.07) is 1.60. The monoisotopic (exact) mass is 327 g/mol. The molecule has 0 saturated carbocycles. The van der Waals surface area contributed by atoms with E-state index in [1.807, 2.05) is 6.92 Å². The Morgan fingerprint density at radius 2 is 2.09 bits per heavy atom. The second kappa shape index (κ2) is 6.00. The Hall–Kier alpha value is -1.41. The third kappa shape index (κ3) is 3.33. The fourth-order valence-electron chi connectivity index (χ4n) is 3.04. The topological polar surface area (TPSA) is 90.3 Å². The zero-order valence-electron chi connectivity index (χ0n) is 12.6. The van der Waals surface area contributed by atoms with Gasteiger partial charge in [-0.3, -0.25) is 4.79 Å². The van der Waals surface area contributed by atoms with Gasteiger partial charge in [0.1, 0.15) is 5.82 Å². The average molecular weight is 327 g/mol. The fraction of sp³-hybridized carbons (Fsp3) is 0.714. The van der Waals surface area contributed by atoms with Gasteiger partial charge in [0.15, 0.2) is 9.84 Å². The largest absolute Gasteiger partial charge is 0.381 e. The molecule has 1 aromatic rings. The van der Waals surface area contributed by atoms with E-state index in [-0.39, 0.29) is 29.4 Å². The molecule has 3 rings (SSSR count). The summed E-state index contributed by atoms with van der Waals surface area (Å²) in [5.74, 6) is 0.782. The molecule has 0 unspecified atom stereocenters. The lowest BCUT2D eigenvalue weighted by Gasteiger charge is -2.22. The summed E-state index contributed by atoms with van der Waals surface area (Å²) >= 11 is 0. The molecule has 0 radical (unpaired) electrons. The van der Waals surface area contributed by atoms with Gasteiger partial charge in [-0.2, -0.15) is 5.10 Å². The molecule has 0 aromatic carbocycles. The van der Waals surface area contributed by atoms with Gasteiger partial charge in [-0.15, -0.1) is 0 Å². The molecule has 8 heteroatoms. The first-order valence-electron chi connectivity index (χ1n) is 7.60. The van der Waals surface area contributed by atoms with E-state index in [0.29, 0.717) is 25.5 Å². The predicted octanol–water partition coefficient (Wildman–Crippen LogP) is 0.916. The van der Waals surface area contributed by atoms with Gasteiger partial charge in [0.05, 0.1) is 23.2 Å². The number of anilines is 1. The molecule has 1 amide bonds. The molecule has 2 fully saturated rings. The number of aryl methyl sites for hydroxylation is 1. The lowest BCUT2D eigenvalue weighted by molar-refractivity contribution is -0.122. The number of amides is 1. The summed E-state index contributed by atoms with van der Waals surface area (Å²) in [7, 11) is -2.99. The summed E-state index contributed by atoms with van der Waals surface area (Å²) in [4.78, 5) is 12.3. The normalized spacial score (nSPS) is 25.2. The summed E-state index contributed by atoms with van der Waals surface area (Å²) in [6.07, 6.45) is 1.98. The van der Waals surface area contributed by atoms with E-state index in [1.54, 1.807) is 10.7 Å². The van der Waals surface area contributed by atoms with Crippen LogP contribution in [0.5, 0.6) is 0 Å². The molecule has 0 spiro atoms. The van der Waals surface area contributed by atoms with Gasteiger partial charge < -0.3 is 10.1 Å². The molecule has 2 saturated heterocycles. The molecule has 22 heavy (non-hydrogen) atoms. The Balaban J connectivity index is 1.75. The van der Waals surface area contributed by atoms with Crippen LogP contribution in [0.25, 0.3) is 0 Å². The molecule has 1 aromatic heterocycles. The van der Waals surface area contributed by atoms with Crippen LogP contribution in [-0.2, 0) is 19.4 Å². The molecular formula is C14H21N3O4S. The van der Waals surface area contributed by atoms with Gasteiger partial charge in [-0.25, -0.2) is 13.1 Å². The van der Waals surface area contributed by atoms with Crippen LogP contribution in [0.15, 0.2) is 6.07 Å². The van der Waals surface area contributed by atoms with Crippen LogP contribution in [0.3, 0.4) is 0 Å². The molecule has 0 aliphatic carbocycles. The second-order valence-corrected chi connectivity index (χ2v) is 8.28. The Bertz CT molecular complexity index is 662. The summed E-state index contributed by atoms with van der Waals surface area (Å²) in [5.41, 5.74) is 0.770. The highest BCUT2D eigenvalue weighted by Crippen LogP contribution is 2.27. The van der Waals surface area contributed by atoms with Gasteiger partial charge in [0.2, 0.25) is 5.91 Å². The maximum Gasteiger partial charge on any atom is 0.228 e. The highest BCUT2D eigenvalue weighted by Gasteiger charge is 2.32. The van der Waals surface area contributed by atoms with Crippen molar-refractivity contribution in [2.75, 3.05) is 30.0 Å². The van der Waals surface area contributed by atoms with Crippen molar-refractivity contribution in [3.05, 3.63) is 11.8 Å². The molecule has 122 valence electrons. The zero-order valence-corrected chi connectivity index (χ0v) is 13.4. The van der Waals surface area contributed by atoms with Crippen molar-refractivity contribution in [2.24, 2.45) is 5.92 Å². The van der Waals surface area contributed by atoms with Crippen LogP contribution in [0.2, 0.25) is 0 Å². The Kier molecular flexibility index (Phi) is 4.22. The number of hydrogen-bond donors (Lipinski definition) is 1. The number of aromatic nitrogens is 2.